The van der Waals surface area contributed by atoms with Gasteiger partial charge in [0.25, 0.3) is 0 Å². The number of benzene rings is 3. The van der Waals surface area contributed by atoms with Gasteiger partial charge in [-0.3, -0.25) is 0 Å². The van der Waals surface area contributed by atoms with E-state index >= 15 is 0 Å². The summed E-state index contributed by atoms with van der Waals surface area (Å²) in [7, 11) is 0. The van der Waals surface area contributed by atoms with Gasteiger partial charge in [-0.05, 0) is 0 Å². The fourth-order valence-corrected chi connectivity index (χ4v) is 9.67. The van der Waals surface area contributed by atoms with Crippen molar-refractivity contribution in [1.82, 2.24) is 0 Å². The maximum absolute atomic E-state index is 6.50. The van der Waals surface area contributed by atoms with Crippen molar-refractivity contribution in [2.24, 2.45) is 0 Å². The van der Waals surface area contributed by atoms with E-state index in [-0.39, 0.29) is 0 Å². The van der Waals surface area contributed by atoms with Gasteiger partial charge < -0.3 is 0 Å². The summed E-state index contributed by atoms with van der Waals surface area (Å²) in [6.45, 7) is 3.50. The Morgan fingerprint density at radius 3 is 0.952 bits per heavy atom. The molecule has 0 saturated heterocycles. The molecule has 3 rings (SSSR count). The fraction of sp³-hybridized carbons (Fsp3) is 0. The van der Waals surface area contributed by atoms with E-state index < -0.39 is 19.8 Å². The van der Waals surface area contributed by atoms with Gasteiger partial charge in [-0.1, -0.05) is 0 Å². The minimum absolute atomic E-state index is 1.53. The molecule has 0 aromatic heterocycles. The van der Waals surface area contributed by atoms with E-state index in [9.17, 15) is 0 Å². The van der Waals surface area contributed by atoms with Crippen LogP contribution in [0, 0.1) is 11.8 Å². The second-order valence-electron chi connectivity index (χ2n) is 4.47. The van der Waals surface area contributed by atoms with Crippen molar-refractivity contribution in [3.05, 3.63) is 91.0 Å². The Kier molecular flexibility index (Phi) is 6.05. The quantitative estimate of drug-likeness (QED) is 0.643. The summed E-state index contributed by atoms with van der Waals surface area (Å²) >= 11 is -1.98. The average Bonchev–Trinajstić information content (AvgIpc) is 2.60. The van der Waals surface area contributed by atoms with E-state index in [1.165, 1.54) is 10.7 Å². The molecular weight excluding hydrogens is 361 g/mol. The summed E-state index contributed by atoms with van der Waals surface area (Å²) < 4.78 is 4.59. The number of nitriles is 1. The molecular formula is C19H16NSn. The Morgan fingerprint density at radius 2 is 0.714 bits per heavy atom. The molecule has 1 radical (unpaired) electrons. The molecule has 101 valence electrons. The number of hydrogen-bond acceptors (Lipinski definition) is 1. The number of nitrogens with zero attached hydrogens (tertiary/aromatic N) is 1. The predicted molar refractivity (Wildman–Crippen MR) is 90.7 cm³/mol. The molecule has 1 nitrogen and oxygen atoms in total. The van der Waals surface area contributed by atoms with Crippen molar-refractivity contribution >= 4 is 30.5 Å². The van der Waals surface area contributed by atoms with Gasteiger partial charge in [0.05, 0.1) is 0 Å². The Bertz CT molecular complexity index is 569. The predicted octanol–water partition coefficient (Wildman–Crippen LogP) is 2.34. The van der Waals surface area contributed by atoms with E-state index in [1.54, 1.807) is 0 Å². The summed E-state index contributed by atoms with van der Waals surface area (Å²) in [4.78, 5) is 0. The van der Waals surface area contributed by atoms with Crippen molar-refractivity contribution in [3.63, 3.8) is 0 Å². The second-order valence-corrected chi connectivity index (χ2v) is 11.6. The zero-order valence-electron chi connectivity index (χ0n) is 11.7. The van der Waals surface area contributed by atoms with E-state index in [0.29, 0.717) is 0 Å². The third kappa shape index (κ3) is 3.96. The molecule has 0 fully saturated rings. The SMILES string of the molecule is C#N.c1cc[c]([Sn]([c]2ccccc2)[c]2ccccc2)cc1. The molecule has 3 aromatic carbocycles. The van der Waals surface area contributed by atoms with E-state index in [2.05, 4.69) is 97.6 Å². The molecule has 0 unspecified atom stereocenters. The van der Waals surface area contributed by atoms with Gasteiger partial charge in [0.2, 0.25) is 0 Å². The van der Waals surface area contributed by atoms with Crippen LogP contribution in [0.1, 0.15) is 0 Å². The van der Waals surface area contributed by atoms with Crippen LogP contribution >= 0.6 is 0 Å². The van der Waals surface area contributed by atoms with E-state index in [1.807, 2.05) is 0 Å². The van der Waals surface area contributed by atoms with Crippen LogP contribution in [0.4, 0.5) is 0 Å². The summed E-state index contributed by atoms with van der Waals surface area (Å²) in [6.07, 6.45) is 0. The Hall–Kier alpha value is -2.05. The van der Waals surface area contributed by atoms with Crippen molar-refractivity contribution in [3.8, 4) is 6.57 Å². The molecule has 0 saturated carbocycles. The first kappa shape index (κ1) is 15.3. The molecule has 0 heterocycles. The van der Waals surface area contributed by atoms with Gasteiger partial charge in [0.1, 0.15) is 0 Å². The maximum atomic E-state index is 6.50. The molecule has 3 aromatic rings. The van der Waals surface area contributed by atoms with Gasteiger partial charge >= 0.3 is 121 Å². The number of hydrogen-bond donors (Lipinski definition) is 0. The normalized spacial score (nSPS) is 9.67. The molecule has 21 heavy (non-hydrogen) atoms. The Labute approximate surface area is 133 Å². The van der Waals surface area contributed by atoms with Gasteiger partial charge in [0, 0.05) is 6.57 Å². The molecule has 0 aliphatic carbocycles. The monoisotopic (exact) mass is 378 g/mol. The fourth-order valence-electron chi connectivity index (χ4n) is 2.31. The molecule has 0 spiro atoms. The topological polar surface area (TPSA) is 23.8 Å². The first-order chi connectivity index (χ1) is 10.4. The van der Waals surface area contributed by atoms with Crippen LogP contribution < -0.4 is 10.7 Å². The molecule has 0 N–H and O–H groups in total. The second kappa shape index (κ2) is 8.28. The van der Waals surface area contributed by atoms with E-state index in [0.717, 1.165) is 0 Å². The summed E-state index contributed by atoms with van der Waals surface area (Å²) in [5.74, 6) is 0. The molecule has 0 amide bonds. The Balaban J connectivity index is 0.000000774. The Morgan fingerprint density at radius 1 is 0.476 bits per heavy atom. The van der Waals surface area contributed by atoms with Crippen molar-refractivity contribution < 1.29 is 0 Å². The van der Waals surface area contributed by atoms with Gasteiger partial charge in [-0.2, -0.15) is 0 Å². The standard InChI is InChI=1S/3C6H5.CHN.Sn/c3*1-2-4-6-5-3-1;1-2;/h3*1-5H;1H;. The molecule has 2 heteroatoms. The van der Waals surface area contributed by atoms with Gasteiger partial charge in [-0.15, -0.1) is 0 Å². The van der Waals surface area contributed by atoms with Crippen molar-refractivity contribution in [2.75, 3.05) is 0 Å². The van der Waals surface area contributed by atoms with Gasteiger partial charge in [0.15, 0.2) is 0 Å². The van der Waals surface area contributed by atoms with Crippen LogP contribution in [0.3, 0.4) is 0 Å². The average molecular weight is 377 g/mol. The minimum atomic E-state index is -1.98. The van der Waals surface area contributed by atoms with Crippen LogP contribution in [0.2, 0.25) is 0 Å². The van der Waals surface area contributed by atoms with Crippen LogP contribution in [0.5, 0.6) is 0 Å². The van der Waals surface area contributed by atoms with Crippen LogP contribution in [-0.4, -0.2) is 19.8 Å². The number of rotatable bonds is 3. The molecule has 0 bridgehead atoms. The summed E-state index contributed by atoms with van der Waals surface area (Å²) in [5.41, 5.74) is 0. The van der Waals surface area contributed by atoms with Gasteiger partial charge in [-0.25, -0.2) is 5.26 Å². The molecule has 0 atom stereocenters. The van der Waals surface area contributed by atoms with E-state index in [4.69, 9.17) is 5.26 Å². The van der Waals surface area contributed by atoms with Crippen LogP contribution in [0.15, 0.2) is 91.0 Å². The third-order valence-corrected chi connectivity index (χ3v) is 11.0. The molecule has 0 aliphatic heterocycles. The summed E-state index contributed by atoms with van der Waals surface area (Å²) in [6, 6.07) is 32.9. The van der Waals surface area contributed by atoms with Crippen molar-refractivity contribution in [2.45, 2.75) is 0 Å². The van der Waals surface area contributed by atoms with Crippen LogP contribution in [0.25, 0.3) is 0 Å². The first-order valence-corrected chi connectivity index (χ1v) is 11.0. The van der Waals surface area contributed by atoms with Crippen molar-refractivity contribution in [1.29, 1.82) is 5.26 Å². The third-order valence-electron chi connectivity index (χ3n) is 3.19. The first-order valence-electron chi connectivity index (χ1n) is 6.74. The zero-order chi connectivity index (χ0) is 14.9. The molecule has 0 aliphatic rings. The summed E-state index contributed by atoms with van der Waals surface area (Å²) in [5, 5.41) is 6.50. The van der Waals surface area contributed by atoms with Crippen LogP contribution in [-0.2, 0) is 0 Å². The zero-order valence-corrected chi connectivity index (χ0v) is 14.5.